The van der Waals surface area contributed by atoms with Gasteiger partial charge >= 0.3 is 0 Å². The number of carbonyl (C=O) groups is 2. The molecule has 1 aliphatic rings. The quantitative estimate of drug-likeness (QED) is 0.645. The fourth-order valence-corrected chi connectivity index (χ4v) is 4.05. The molecule has 0 aliphatic carbocycles. The van der Waals surface area contributed by atoms with Crippen LogP contribution in [0.25, 0.3) is 0 Å². The number of amides is 2. The van der Waals surface area contributed by atoms with E-state index in [1.165, 1.54) is 11.8 Å². The van der Waals surface area contributed by atoms with E-state index in [2.05, 4.69) is 5.32 Å². The minimum absolute atomic E-state index is 0.0943. The van der Waals surface area contributed by atoms with E-state index in [0.29, 0.717) is 6.54 Å². The third kappa shape index (κ3) is 3.94. The highest BCUT2D eigenvalue weighted by Gasteiger charge is 2.37. The van der Waals surface area contributed by atoms with Crippen LogP contribution in [0.2, 0.25) is 0 Å². The molecule has 28 heavy (non-hydrogen) atoms. The predicted molar refractivity (Wildman–Crippen MR) is 112 cm³/mol. The van der Waals surface area contributed by atoms with Crippen LogP contribution in [-0.4, -0.2) is 17.6 Å². The lowest BCUT2D eigenvalue weighted by Crippen LogP contribution is -2.38. The normalized spacial score (nSPS) is 15.4. The zero-order valence-corrected chi connectivity index (χ0v) is 16.1. The minimum Gasteiger partial charge on any atom is -0.340 e. The molecule has 1 aliphatic heterocycles. The summed E-state index contributed by atoms with van der Waals surface area (Å²) in [6, 6.07) is 26.7. The first-order chi connectivity index (χ1) is 13.7. The number of carbonyl (C=O) groups excluding carboxylic acids is 2. The number of hydrogen-bond acceptors (Lipinski definition) is 3. The van der Waals surface area contributed by atoms with Crippen LogP contribution in [0.1, 0.15) is 17.2 Å². The van der Waals surface area contributed by atoms with E-state index >= 15 is 0 Å². The van der Waals surface area contributed by atoms with Gasteiger partial charge in [-0.3, -0.25) is 9.59 Å². The SMILES string of the molecule is O=C(CSc1ccccc1)N[C@H]1C(=O)N(Cc2ccccc2)c2ccccc21. The fraction of sp³-hybridized carbons (Fsp3) is 0.130. The molecule has 0 aromatic heterocycles. The number of thioether (sulfide) groups is 1. The monoisotopic (exact) mass is 388 g/mol. The Morgan fingerprint density at radius 1 is 0.893 bits per heavy atom. The van der Waals surface area contributed by atoms with Crippen molar-refractivity contribution in [1.82, 2.24) is 5.32 Å². The van der Waals surface area contributed by atoms with Crippen LogP contribution in [0.5, 0.6) is 0 Å². The second-order valence-corrected chi connectivity index (χ2v) is 7.62. The van der Waals surface area contributed by atoms with Gasteiger partial charge in [0, 0.05) is 16.1 Å². The first-order valence-electron chi connectivity index (χ1n) is 9.14. The van der Waals surface area contributed by atoms with Crippen LogP contribution < -0.4 is 10.2 Å². The number of benzene rings is 3. The highest BCUT2D eigenvalue weighted by atomic mass is 32.2. The number of nitrogens with one attached hydrogen (secondary N) is 1. The Morgan fingerprint density at radius 2 is 1.54 bits per heavy atom. The van der Waals surface area contributed by atoms with E-state index in [0.717, 1.165) is 21.7 Å². The predicted octanol–water partition coefficient (Wildman–Crippen LogP) is 4.18. The summed E-state index contributed by atoms with van der Waals surface area (Å²) in [5.74, 6) is 0.0287. The van der Waals surface area contributed by atoms with Gasteiger partial charge in [-0.2, -0.15) is 0 Å². The van der Waals surface area contributed by atoms with E-state index < -0.39 is 6.04 Å². The fourth-order valence-electron chi connectivity index (χ4n) is 3.32. The van der Waals surface area contributed by atoms with Crippen LogP contribution in [-0.2, 0) is 16.1 Å². The Bertz CT molecular complexity index is 976. The van der Waals surface area contributed by atoms with Crippen molar-refractivity contribution >= 4 is 29.3 Å². The first-order valence-corrected chi connectivity index (χ1v) is 10.1. The second-order valence-electron chi connectivity index (χ2n) is 6.57. The number of rotatable bonds is 6. The lowest BCUT2D eigenvalue weighted by molar-refractivity contribution is -0.125. The van der Waals surface area contributed by atoms with Crippen molar-refractivity contribution < 1.29 is 9.59 Å². The van der Waals surface area contributed by atoms with Crippen molar-refractivity contribution in [1.29, 1.82) is 0 Å². The summed E-state index contributed by atoms with van der Waals surface area (Å²) in [4.78, 5) is 28.4. The maximum atomic E-state index is 13.1. The molecule has 1 heterocycles. The van der Waals surface area contributed by atoms with Gasteiger partial charge in [0.05, 0.1) is 12.3 Å². The number of hydrogen-bond donors (Lipinski definition) is 1. The smallest absolute Gasteiger partial charge is 0.254 e. The van der Waals surface area contributed by atoms with Crippen molar-refractivity contribution in [2.75, 3.05) is 10.7 Å². The summed E-state index contributed by atoms with van der Waals surface area (Å²) in [6.45, 7) is 0.488. The van der Waals surface area contributed by atoms with Gasteiger partial charge in [0.15, 0.2) is 0 Å². The largest absolute Gasteiger partial charge is 0.340 e. The molecule has 0 fully saturated rings. The van der Waals surface area contributed by atoms with Crippen molar-refractivity contribution in [3.63, 3.8) is 0 Å². The second kappa shape index (κ2) is 8.31. The molecule has 0 saturated carbocycles. The van der Waals surface area contributed by atoms with Crippen molar-refractivity contribution in [2.45, 2.75) is 17.5 Å². The number of nitrogens with zero attached hydrogens (tertiary/aromatic N) is 1. The van der Waals surface area contributed by atoms with Crippen LogP contribution in [0.4, 0.5) is 5.69 Å². The molecule has 0 spiro atoms. The molecule has 0 bridgehead atoms. The number of para-hydroxylation sites is 1. The van der Waals surface area contributed by atoms with Crippen molar-refractivity contribution in [3.8, 4) is 0 Å². The third-order valence-corrected chi connectivity index (χ3v) is 5.67. The Hall–Kier alpha value is -3.05. The Morgan fingerprint density at radius 3 is 2.29 bits per heavy atom. The summed E-state index contributed by atoms with van der Waals surface area (Å²) in [5.41, 5.74) is 2.76. The average Bonchev–Trinajstić information content (AvgIpc) is 3.00. The Labute approximate surface area is 168 Å². The zero-order chi connectivity index (χ0) is 19.3. The third-order valence-electron chi connectivity index (χ3n) is 4.65. The average molecular weight is 388 g/mol. The van der Waals surface area contributed by atoms with Crippen LogP contribution >= 0.6 is 11.8 Å². The lowest BCUT2D eigenvalue weighted by Gasteiger charge is -2.18. The molecule has 1 N–H and O–H groups in total. The topological polar surface area (TPSA) is 49.4 Å². The van der Waals surface area contributed by atoms with Crippen LogP contribution in [0.15, 0.2) is 89.8 Å². The van der Waals surface area contributed by atoms with Crippen LogP contribution in [0.3, 0.4) is 0 Å². The van der Waals surface area contributed by atoms with Gasteiger partial charge < -0.3 is 10.2 Å². The maximum absolute atomic E-state index is 13.1. The molecule has 4 nitrogen and oxygen atoms in total. The van der Waals surface area contributed by atoms with E-state index in [1.54, 1.807) is 4.90 Å². The molecule has 3 aromatic carbocycles. The van der Waals surface area contributed by atoms with Gasteiger partial charge in [0.2, 0.25) is 5.91 Å². The van der Waals surface area contributed by atoms with Gasteiger partial charge in [-0.05, 0) is 23.8 Å². The molecular formula is C23H20N2O2S. The molecule has 2 amide bonds. The summed E-state index contributed by atoms with van der Waals surface area (Å²) >= 11 is 1.46. The molecule has 140 valence electrons. The molecular weight excluding hydrogens is 368 g/mol. The zero-order valence-electron chi connectivity index (χ0n) is 15.2. The minimum atomic E-state index is -0.635. The highest BCUT2D eigenvalue weighted by molar-refractivity contribution is 8.00. The molecule has 0 radical (unpaired) electrons. The summed E-state index contributed by atoms with van der Waals surface area (Å²) in [7, 11) is 0. The first kappa shape index (κ1) is 18.3. The maximum Gasteiger partial charge on any atom is 0.254 e. The number of fused-ring (bicyclic) bond motifs is 1. The molecule has 5 heteroatoms. The summed E-state index contributed by atoms with van der Waals surface area (Å²) in [6.07, 6.45) is 0. The molecule has 3 aromatic rings. The van der Waals surface area contributed by atoms with E-state index in [4.69, 9.17) is 0 Å². The standard InChI is InChI=1S/C23H20N2O2S/c26-21(16-28-18-11-5-2-6-12-18)24-22-19-13-7-8-14-20(19)25(23(22)27)15-17-9-3-1-4-10-17/h1-14,22H,15-16H2,(H,24,26)/t22-/m1/s1. The van der Waals surface area contributed by atoms with Gasteiger partial charge in [0.25, 0.3) is 5.91 Å². The van der Waals surface area contributed by atoms with Gasteiger partial charge in [-0.1, -0.05) is 66.7 Å². The molecule has 1 atom stereocenters. The summed E-state index contributed by atoms with van der Waals surface area (Å²) < 4.78 is 0. The lowest BCUT2D eigenvalue weighted by atomic mass is 10.1. The van der Waals surface area contributed by atoms with Crippen LogP contribution in [0, 0.1) is 0 Å². The van der Waals surface area contributed by atoms with Gasteiger partial charge in [-0.25, -0.2) is 0 Å². The van der Waals surface area contributed by atoms with Crippen molar-refractivity contribution in [2.24, 2.45) is 0 Å². The Kier molecular flexibility index (Phi) is 5.44. The summed E-state index contributed by atoms with van der Waals surface area (Å²) in [5, 5.41) is 2.92. The van der Waals surface area contributed by atoms with E-state index in [1.807, 2.05) is 84.9 Å². The molecule has 4 rings (SSSR count). The van der Waals surface area contributed by atoms with Gasteiger partial charge in [-0.15, -0.1) is 11.8 Å². The molecule has 0 unspecified atom stereocenters. The van der Waals surface area contributed by atoms with E-state index in [-0.39, 0.29) is 17.6 Å². The number of anilines is 1. The van der Waals surface area contributed by atoms with E-state index in [9.17, 15) is 9.59 Å². The van der Waals surface area contributed by atoms with Crippen molar-refractivity contribution in [3.05, 3.63) is 96.1 Å². The van der Waals surface area contributed by atoms with Gasteiger partial charge in [0.1, 0.15) is 6.04 Å². The molecule has 0 saturated heterocycles. The highest BCUT2D eigenvalue weighted by Crippen LogP contribution is 2.36. The Balaban J connectivity index is 1.48.